The highest BCUT2D eigenvalue weighted by molar-refractivity contribution is 5.78. The number of rotatable bonds is 9. The second kappa shape index (κ2) is 8.84. The van der Waals surface area contributed by atoms with E-state index in [9.17, 15) is 4.79 Å². The maximum absolute atomic E-state index is 11.9. The summed E-state index contributed by atoms with van der Waals surface area (Å²) in [5.74, 6) is 0.977. The minimum Gasteiger partial charge on any atom is -0.300 e. The van der Waals surface area contributed by atoms with Crippen LogP contribution in [0.1, 0.15) is 58.1 Å². The first-order chi connectivity index (χ1) is 8.76. The van der Waals surface area contributed by atoms with Crippen LogP contribution in [0.4, 0.5) is 0 Å². The fourth-order valence-corrected chi connectivity index (χ4v) is 2.18. The number of carbonyl (C=O) groups is 1. The minimum atomic E-state index is 0.392. The summed E-state index contributed by atoms with van der Waals surface area (Å²) in [6.45, 7) is 4.39. The first kappa shape index (κ1) is 14.9. The summed E-state index contributed by atoms with van der Waals surface area (Å²) in [5.41, 5.74) is 1.02. The van der Waals surface area contributed by atoms with Gasteiger partial charge in [0.15, 0.2) is 0 Å². The topological polar surface area (TPSA) is 30.0 Å². The van der Waals surface area contributed by atoms with Crippen LogP contribution in [-0.4, -0.2) is 10.8 Å². The van der Waals surface area contributed by atoms with E-state index in [1.807, 2.05) is 18.2 Å². The van der Waals surface area contributed by atoms with Gasteiger partial charge >= 0.3 is 0 Å². The van der Waals surface area contributed by atoms with Crippen LogP contribution >= 0.6 is 0 Å². The largest absolute Gasteiger partial charge is 0.300 e. The molecule has 0 aromatic carbocycles. The summed E-state index contributed by atoms with van der Waals surface area (Å²) in [7, 11) is 0. The Morgan fingerprint density at radius 3 is 2.78 bits per heavy atom. The van der Waals surface area contributed by atoms with Gasteiger partial charge in [0.2, 0.25) is 0 Å². The Morgan fingerprint density at radius 1 is 1.33 bits per heavy atom. The molecule has 0 aliphatic rings. The molecule has 0 aliphatic carbocycles. The lowest BCUT2D eigenvalue weighted by Crippen LogP contribution is -2.09. The lowest BCUT2D eigenvalue weighted by Gasteiger charge is -2.13. The minimum absolute atomic E-state index is 0.392. The molecule has 18 heavy (non-hydrogen) atoms. The van der Waals surface area contributed by atoms with Crippen molar-refractivity contribution in [3.05, 3.63) is 30.1 Å². The standard InChI is InChI=1S/C16H25NO/c1-3-5-8-14(4-2)13-16(18)11-10-15-9-6-7-12-17-15/h6-7,9,12,14H,3-5,8,10-11,13H2,1-2H3. The van der Waals surface area contributed by atoms with Gasteiger partial charge in [-0.1, -0.05) is 45.6 Å². The van der Waals surface area contributed by atoms with Gasteiger partial charge in [-0.05, 0) is 24.5 Å². The molecule has 1 aromatic rings. The molecule has 1 aromatic heterocycles. The Hall–Kier alpha value is -1.18. The van der Waals surface area contributed by atoms with Crippen molar-refractivity contribution < 1.29 is 4.79 Å². The number of Topliss-reactive ketones (excluding diaryl/α,β-unsaturated/α-hetero) is 1. The van der Waals surface area contributed by atoms with Crippen molar-refractivity contribution >= 4 is 5.78 Å². The Kier molecular flexibility index (Phi) is 7.31. The number of aryl methyl sites for hydroxylation is 1. The molecule has 0 amide bonds. The average Bonchev–Trinajstić information content (AvgIpc) is 2.42. The lowest BCUT2D eigenvalue weighted by molar-refractivity contribution is -0.120. The van der Waals surface area contributed by atoms with Crippen LogP contribution in [0.15, 0.2) is 24.4 Å². The monoisotopic (exact) mass is 247 g/mol. The van der Waals surface area contributed by atoms with Crippen molar-refractivity contribution in [1.29, 1.82) is 0 Å². The van der Waals surface area contributed by atoms with Crippen LogP contribution in [0.5, 0.6) is 0 Å². The van der Waals surface area contributed by atoms with E-state index in [1.54, 1.807) is 6.20 Å². The van der Waals surface area contributed by atoms with Crippen molar-refractivity contribution in [1.82, 2.24) is 4.98 Å². The van der Waals surface area contributed by atoms with Gasteiger partial charge in [0.1, 0.15) is 5.78 Å². The molecule has 2 heteroatoms. The smallest absolute Gasteiger partial charge is 0.133 e. The third-order valence-corrected chi connectivity index (χ3v) is 3.45. The van der Waals surface area contributed by atoms with Crippen molar-refractivity contribution in [2.75, 3.05) is 0 Å². The normalized spacial score (nSPS) is 12.3. The summed E-state index contributed by atoms with van der Waals surface area (Å²) < 4.78 is 0. The zero-order chi connectivity index (χ0) is 13.2. The molecule has 1 atom stereocenters. The number of ketones is 1. The van der Waals surface area contributed by atoms with Gasteiger partial charge in [0.05, 0.1) is 0 Å². The molecule has 0 spiro atoms. The van der Waals surface area contributed by atoms with Crippen LogP contribution in [0.2, 0.25) is 0 Å². The number of carbonyl (C=O) groups excluding carboxylic acids is 1. The zero-order valence-electron chi connectivity index (χ0n) is 11.7. The van der Waals surface area contributed by atoms with E-state index in [0.717, 1.165) is 25.0 Å². The number of aromatic nitrogens is 1. The zero-order valence-corrected chi connectivity index (χ0v) is 11.7. The Labute approximate surface area is 111 Å². The second-order valence-electron chi connectivity index (χ2n) is 4.98. The SMILES string of the molecule is CCCCC(CC)CC(=O)CCc1ccccn1. The third kappa shape index (κ3) is 5.95. The van der Waals surface area contributed by atoms with E-state index in [1.165, 1.54) is 19.3 Å². The van der Waals surface area contributed by atoms with Gasteiger partial charge in [-0.15, -0.1) is 0 Å². The molecule has 0 bridgehead atoms. The van der Waals surface area contributed by atoms with E-state index in [4.69, 9.17) is 0 Å². The number of nitrogens with zero attached hydrogens (tertiary/aromatic N) is 1. The molecule has 0 saturated carbocycles. The maximum Gasteiger partial charge on any atom is 0.133 e. The molecule has 0 N–H and O–H groups in total. The van der Waals surface area contributed by atoms with Crippen LogP contribution < -0.4 is 0 Å². The molecule has 0 radical (unpaired) electrons. The molecule has 1 heterocycles. The third-order valence-electron chi connectivity index (χ3n) is 3.45. The molecular weight excluding hydrogens is 222 g/mol. The fourth-order valence-electron chi connectivity index (χ4n) is 2.18. The van der Waals surface area contributed by atoms with Crippen molar-refractivity contribution in [3.8, 4) is 0 Å². The molecule has 1 rings (SSSR count). The highest BCUT2D eigenvalue weighted by atomic mass is 16.1. The fraction of sp³-hybridized carbons (Fsp3) is 0.625. The number of unbranched alkanes of at least 4 members (excludes halogenated alkanes) is 1. The molecule has 0 saturated heterocycles. The molecule has 1 unspecified atom stereocenters. The molecular formula is C16H25NO. The summed E-state index contributed by atoms with van der Waals surface area (Å²) >= 11 is 0. The maximum atomic E-state index is 11.9. The molecule has 0 aliphatic heterocycles. The lowest BCUT2D eigenvalue weighted by atomic mass is 9.92. The van der Waals surface area contributed by atoms with E-state index < -0.39 is 0 Å². The summed E-state index contributed by atoms with van der Waals surface area (Å²) in [5, 5.41) is 0. The van der Waals surface area contributed by atoms with Crippen LogP contribution in [0.3, 0.4) is 0 Å². The Bertz CT molecular complexity index is 334. The predicted molar refractivity (Wildman–Crippen MR) is 75.5 cm³/mol. The first-order valence-corrected chi connectivity index (χ1v) is 7.17. The summed E-state index contributed by atoms with van der Waals surface area (Å²) in [6, 6.07) is 5.87. The van der Waals surface area contributed by atoms with Crippen LogP contribution in [0, 0.1) is 5.92 Å². The van der Waals surface area contributed by atoms with Gasteiger partial charge < -0.3 is 0 Å². The van der Waals surface area contributed by atoms with E-state index in [2.05, 4.69) is 18.8 Å². The van der Waals surface area contributed by atoms with E-state index in [-0.39, 0.29) is 0 Å². The van der Waals surface area contributed by atoms with Crippen molar-refractivity contribution in [2.45, 2.75) is 58.8 Å². The first-order valence-electron chi connectivity index (χ1n) is 7.17. The highest BCUT2D eigenvalue weighted by Gasteiger charge is 2.11. The molecule has 100 valence electrons. The van der Waals surface area contributed by atoms with E-state index in [0.29, 0.717) is 18.1 Å². The average molecular weight is 247 g/mol. The predicted octanol–water partition coefficient (Wildman–Crippen LogP) is 4.19. The summed E-state index contributed by atoms with van der Waals surface area (Å²) in [6.07, 6.45) is 8.74. The van der Waals surface area contributed by atoms with Crippen molar-refractivity contribution in [3.63, 3.8) is 0 Å². The van der Waals surface area contributed by atoms with Crippen molar-refractivity contribution in [2.24, 2.45) is 5.92 Å². The van der Waals surface area contributed by atoms with E-state index >= 15 is 0 Å². The van der Waals surface area contributed by atoms with Gasteiger partial charge in [-0.25, -0.2) is 0 Å². The van der Waals surface area contributed by atoms with Crippen LogP contribution in [0.25, 0.3) is 0 Å². The second-order valence-corrected chi connectivity index (χ2v) is 4.98. The number of pyridine rings is 1. The quantitative estimate of drug-likeness (QED) is 0.655. The highest BCUT2D eigenvalue weighted by Crippen LogP contribution is 2.18. The van der Waals surface area contributed by atoms with Gasteiger partial charge in [-0.2, -0.15) is 0 Å². The Morgan fingerprint density at radius 2 is 2.17 bits per heavy atom. The molecule has 0 fully saturated rings. The molecule has 2 nitrogen and oxygen atoms in total. The van der Waals surface area contributed by atoms with Gasteiger partial charge in [0, 0.05) is 24.7 Å². The Balaban J connectivity index is 2.28. The summed E-state index contributed by atoms with van der Waals surface area (Å²) in [4.78, 5) is 16.2. The van der Waals surface area contributed by atoms with Gasteiger partial charge in [0.25, 0.3) is 0 Å². The van der Waals surface area contributed by atoms with Crippen LogP contribution in [-0.2, 0) is 11.2 Å². The number of hydrogen-bond donors (Lipinski definition) is 0. The van der Waals surface area contributed by atoms with Gasteiger partial charge in [-0.3, -0.25) is 9.78 Å². The number of hydrogen-bond acceptors (Lipinski definition) is 2.